The maximum Gasteiger partial charge on any atom is 0.269 e. The molecular weight excluding hydrogens is 394 g/mol. The molecule has 0 aliphatic carbocycles. The summed E-state index contributed by atoms with van der Waals surface area (Å²) < 4.78 is 27.3. The number of nitro groups is 1. The number of nitrogens with two attached hydrogens (primary N) is 1. The molecule has 0 spiro atoms. The lowest BCUT2D eigenvalue weighted by atomic mass is 10.0. The fourth-order valence-electron chi connectivity index (χ4n) is 2.93. The van der Waals surface area contributed by atoms with Gasteiger partial charge in [-0.25, -0.2) is 8.42 Å². The number of non-ortho nitro benzene ring substituents is 1. The van der Waals surface area contributed by atoms with Crippen LogP contribution >= 0.6 is 0 Å². The second-order valence-corrected chi connectivity index (χ2v) is 9.33. The van der Waals surface area contributed by atoms with E-state index < -0.39 is 27.1 Å². The van der Waals surface area contributed by atoms with Crippen LogP contribution in [0.15, 0.2) is 59.5 Å². The Morgan fingerprint density at radius 1 is 1.07 bits per heavy atom. The lowest BCUT2D eigenvalue weighted by molar-refractivity contribution is -0.384. The molecule has 9 heteroatoms. The van der Waals surface area contributed by atoms with Crippen molar-refractivity contribution in [3.63, 3.8) is 0 Å². The van der Waals surface area contributed by atoms with Crippen molar-refractivity contribution < 1.29 is 18.4 Å². The van der Waals surface area contributed by atoms with Gasteiger partial charge in [0.1, 0.15) is 0 Å². The van der Waals surface area contributed by atoms with Gasteiger partial charge in [-0.1, -0.05) is 44.2 Å². The summed E-state index contributed by atoms with van der Waals surface area (Å²) in [7, 11) is -3.94. The Hall–Kier alpha value is -2.33. The van der Waals surface area contributed by atoms with E-state index in [1.165, 1.54) is 16.4 Å². The highest BCUT2D eigenvalue weighted by Crippen LogP contribution is 2.21. The van der Waals surface area contributed by atoms with Gasteiger partial charge in [-0.3, -0.25) is 10.1 Å². The maximum atomic E-state index is 13.1. The molecule has 0 aliphatic rings. The summed E-state index contributed by atoms with van der Waals surface area (Å²) in [6, 6.07) is 13.5. The van der Waals surface area contributed by atoms with Gasteiger partial charge in [0, 0.05) is 31.3 Å². The van der Waals surface area contributed by atoms with Crippen molar-refractivity contribution in [1.29, 1.82) is 0 Å². The van der Waals surface area contributed by atoms with E-state index in [0.717, 1.165) is 17.7 Å². The number of aliphatic hydroxyl groups excluding tert-OH is 1. The summed E-state index contributed by atoms with van der Waals surface area (Å²) in [6.45, 7) is 3.77. The monoisotopic (exact) mass is 421 g/mol. The van der Waals surface area contributed by atoms with E-state index >= 15 is 0 Å². The first-order valence-electron chi connectivity index (χ1n) is 9.33. The van der Waals surface area contributed by atoms with Gasteiger partial charge in [0.2, 0.25) is 10.0 Å². The molecule has 0 amide bonds. The molecule has 0 fully saturated rings. The Bertz CT molecular complexity index is 901. The van der Waals surface area contributed by atoms with Gasteiger partial charge >= 0.3 is 0 Å². The molecule has 0 saturated carbocycles. The lowest BCUT2D eigenvalue weighted by Crippen LogP contribution is -2.47. The molecule has 0 aliphatic heterocycles. The van der Waals surface area contributed by atoms with Crippen LogP contribution in [-0.4, -0.2) is 48.0 Å². The molecule has 0 bridgehead atoms. The van der Waals surface area contributed by atoms with Gasteiger partial charge in [-0.05, 0) is 30.0 Å². The molecule has 2 atom stereocenters. The predicted molar refractivity (Wildman–Crippen MR) is 111 cm³/mol. The average molecular weight is 422 g/mol. The van der Waals surface area contributed by atoms with E-state index in [0.29, 0.717) is 6.42 Å². The highest BCUT2D eigenvalue weighted by molar-refractivity contribution is 7.89. The lowest BCUT2D eigenvalue weighted by Gasteiger charge is -2.28. The topological polar surface area (TPSA) is 127 Å². The maximum absolute atomic E-state index is 13.1. The normalized spacial score (nSPS) is 14.1. The fourth-order valence-corrected chi connectivity index (χ4v) is 4.55. The van der Waals surface area contributed by atoms with Crippen molar-refractivity contribution in [2.24, 2.45) is 11.7 Å². The molecule has 2 rings (SSSR count). The quantitative estimate of drug-likeness (QED) is 0.447. The molecule has 0 radical (unpaired) electrons. The average Bonchev–Trinajstić information content (AvgIpc) is 2.67. The van der Waals surface area contributed by atoms with Crippen LogP contribution in [-0.2, 0) is 16.4 Å². The molecule has 8 nitrogen and oxygen atoms in total. The Morgan fingerprint density at radius 2 is 1.66 bits per heavy atom. The third-order valence-corrected chi connectivity index (χ3v) is 6.30. The Labute approximate surface area is 171 Å². The van der Waals surface area contributed by atoms with Crippen LogP contribution < -0.4 is 5.73 Å². The molecular formula is C20H27N3O5S. The third-order valence-electron chi connectivity index (χ3n) is 4.45. The number of aliphatic hydroxyl groups is 1. The van der Waals surface area contributed by atoms with Crippen LogP contribution in [0.4, 0.5) is 5.69 Å². The minimum absolute atomic E-state index is 0.0142. The van der Waals surface area contributed by atoms with Crippen molar-refractivity contribution in [2.75, 3.05) is 13.1 Å². The van der Waals surface area contributed by atoms with E-state index in [2.05, 4.69) is 0 Å². The van der Waals surface area contributed by atoms with E-state index in [1.54, 1.807) is 0 Å². The molecule has 3 N–H and O–H groups in total. The van der Waals surface area contributed by atoms with Gasteiger partial charge in [0.25, 0.3) is 5.69 Å². The van der Waals surface area contributed by atoms with Crippen LogP contribution in [0.25, 0.3) is 0 Å². The molecule has 2 aromatic carbocycles. The first kappa shape index (κ1) is 23.0. The zero-order chi connectivity index (χ0) is 21.6. The summed E-state index contributed by atoms with van der Waals surface area (Å²) in [5.74, 6) is 0.0142. The first-order valence-corrected chi connectivity index (χ1v) is 10.8. The number of sulfonamides is 1. The summed E-state index contributed by atoms with van der Waals surface area (Å²) in [6.07, 6.45) is -0.656. The number of hydrogen-bond acceptors (Lipinski definition) is 6. The summed E-state index contributed by atoms with van der Waals surface area (Å²) >= 11 is 0. The highest BCUT2D eigenvalue weighted by Gasteiger charge is 2.29. The van der Waals surface area contributed by atoms with Crippen LogP contribution in [0, 0.1) is 16.0 Å². The molecule has 0 aromatic heterocycles. The second-order valence-electron chi connectivity index (χ2n) is 7.39. The van der Waals surface area contributed by atoms with Crippen molar-refractivity contribution in [3.05, 3.63) is 70.3 Å². The van der Waals surface area contributed by atoms with Crippen LogP contribution in [0.5, 0.6) is 0 Å². The molecule has 0 heterocycles. The van der Waals surface area contributed by atoms with Crippen molar-refractivity contribution >= 4 is 15.7 Å². The van der Waals surface area contributed by atoms with Gasteiger partial charge in [0.05, 0.1) is 15.9 Å². The first-order chi connectivity index (χ1) is 13.6. The number of benzene rings is 2. The smallest absolute Gasteiger partial charge is 0.269 e. The number of hydrogen-bond donors (Lipinski definition) is 2. The number of rotatable bonds is 10. The summed E-state index contributed by atoms with van der Waals surface area (Å²) in [5.41, 5.74) is 6.88. The summed E-state index contributed by atoms with van der Waals surface area (Å²) in [5, 5.41) is 21.4. The van der Waals surface area contributed by atoms with Gasteiger partial charge in [0.15, 0.2) is 0 Å². The van der Waals surface area contributed by atoms with Crippen LogP contribution in [0.3, 0.4) is 0 Å². The van der Waals surface area contributed by atoms with Crippen molar-refractivity contribution in [2.45, 2.75) is 37.3 Å². The van der Waals surface area contributed by atoms with Gasteiger partial charge < -0.3 is 10.8 Å². The van der Waals surface area contributed by atoms with Crippen LogP contribution in [0.2, 0.25) is 0 Å². The number of nitrogens with zero attached hydrogens (tertiary/aromatic N) is 2. The third kappa shape index (κ3) is 6.33. The van der Waals surface area contributed by atoms with E-state index in [-0.39, 0.29) is 29.6 Å². The van der Waals surface area contributed by atoms with Gasteiger partial charge in [-0.15, -0.1) is 0 Å². The molecule has 158 valence electrons. The van der Waals surface area contributed by atoms with Crippen molar-refractivity contribution in [1.82, 2.24) is 4.31 Å². The zero-order valence-electron chi connectivity index (χ0n) is 16.5. The Morgan fingerprint density at radius 3 is 2.17 bits per heavy atom. The second kappa shape index (κ2) is 9.93. The zero-order valence-corrected chi connectivity index (χ0v) is 17.3. The van der Waals surface area contributed by atoms with E-state index in [9.17, 15) is 23.6 Å². The summed E-state index contributed by atoms with van der Waals surface area (Å²) in [4.78, 5) is 10.2. The van der Waals surface area contributed by atoms with Crippen LogP contribution in [0.1, 0.15) is 19.4 Å². The Kier molecular flexibility index (Phi) is 7.86. The van der Waals surface area contributed by atoms with E-state index in [1.807, 2.05) is 44.2 Å². The molecule has 2 unspecified atom stereocenters. The Balaban J connectivity index is 2.19. The number of nitro benzene ring substituents is 1. The molecule has 0 saturated heterocycles. The minimum Gasteiger partial charge on any atom is -0.390 e. The van der Waals surface area contributed by atoms with Crippen molar-refractivity contribution in [3.8, 4) is 0 Å². The predicted octanol–water partition coefficient (Wildman–Crippen LogP) is 2.17. The molecule has 2 aromatic rings. The molecule has 29 heavy (non-hydrogen) atoms. The van der Waals surface area contributed by atoms with E-state index in [4.69, 9.17) is 5.73 Å². The largest absolute Gasteiger partial charge is 0.390 e. The fraction of sp³-hybridized carbons (Fsp3) is 0.400. The highest BCUT2D eigenvalue weighted by atomic mass is 32.2. The van der Waals surface area contributed by atoms with Gasteiger partial charge in [-0.2, -0.15) is 4.31 Å². The minimum atomic E-state index is -3.94. The standard InChI is InChI=1S/C20H27N3O5S/c1-15(2)13-22(14-20(24)19(21)12-16-6-4-3-5-7-16)29(27,28)18-10-8-17(9-11-18)23(25)26/h3-11,15,19-20,24H,12-14,21H2,1-2H3. The SMILES string of the molecule is CC(C)CN(CC(O)C(N)Cc1ccccc1)S(=O)(=O)c1ccc([N+](=O)[O-])cc1.